The van der Waals surface area contributed by atoms with Gasteiger partial charge in [0, 0.05) is 0 Å². The zero-order chi connectivity index (χ0) is 13.3. The van der Waals surface area contributed by atoms with Crippen LogP contribution in [0, 0.1) is 12.7 Å². The average Bonchev–Trinajstić information content (AvgIpc) is 2.34. The molecule has 1 heterocycles. The Bertz CT molecular complexity index is 654. The Morgan fingerprint density at radius 1 is 1.50 bits per heavy atom. The van der Waals surface area contributed by atoms with Gasteiger partial charge in [0.05, 0.1) is 24.3 Å². The third-order valence-electron chi connectivity index (χ3n) is 2.57. The summed E-state index contributed by atoms with van der Waals surface area (Å²) >= 11 is 3.18. The number of anilines is 1. The minimum absolute atomic E-state index is 0.0920. The lowest BCUT2D eigenvalue weighted by Gasteiger charge is -2.07. The largest absolute Gasteiger partial charge is 0.396 e. The highest BCUT2D eigenvalue weighted by atomic mass is 79.9. The Hall–Kier alpha value is -1.69. The summed E-state index contributed by atoms with van der Waals surface area (Å²) in [6.07, 6.45) is 1.44. The summed E-state index contributed by atoms with van der Waals surface area (Å²) in [4.78, 5) is 16.0. The molecule has 0 unspecified atom stereocenters. The van der Waals surface area contributed by atoms with E-state index in [-0.39, 0.29) is 17.8 Å². The van der Waals surface area contributed by atoms with Crippen LogP contribution in [0.3, 0.4) is 0 Å². The Morgan fingerprint density at radius 3 is 2.89 bits per heavy atom. The molecule has 0 radical (unpaired) electrons. The summed E-state index contributed by atoms with van der Waals surface area (Å²) in [5, 5.41) is 0. The summed E-state index contributed by atoms with van der Waals surface area (Å²) in [5.74, 6) is -0.486. The molecule has 94 valence electrons. The third kappa shape index (κ3) is 2.43. The molecule has 0 fully saturated rings. The van der Waals surface area contributed by atoms with E-state index in [1.54, 1.807) is 13.0 Å². The quantitative estimate of drug-likeness (QED) is 0.864. The predicted octanol–water partition coefficient (Wildman–Crippen LogP) is 2.08. The smallest absolute Gasteiger partial charge is 0.268 e. The molecule has 0 saturated heterocycles. The molecule has 1 aromatic carbocycles. The van der Waals surface area contributed by atoms with Crippen molar-refractivity contribution in [2.45, 2.75) is 13.5 Å². The molecule has 0 bridgehead atoms. The Balaban J connectivity index is 2.37. The highest BCUT2D eigenvalue weighted by Gasteiger charge is 2.07. The number of benzene rings is 1. The molecule has 0 amide bonds. The molecule has 1 aromatic heterocycles. The van der Waals surface area contributed by atoms with Crippen LogP contribution in [0.25, 0.3) is 0 Å². The molecule has 0 saturated carbocycles. The number of nitrogens with zero attached hydrogens (tertiary/aromatic N) is 2. The second-order valence-corrected chi connectivity index (χ2v) is 4.73. The van der Waals surface area contributed by atoms with Crippen molar-refractivity contribution in [1.29, 1.82) is 0 Å². The van der Waals surface area contributed by atoms with Crippen molar-refractivity contribution in [3.05, 3.63) is 56.4 Å². The molecular weight excluding hydrogens is 301 g/mol. The zero-order valence-corrected chi connectivity index (χ0v) is 11.2. The van der Waals surface area contributed by atoms with Gasteiger partial charge < -0.3 is 5.73 Å². The molecule has 2 N–H and O–H groups in total. The summed E-state index contributed by atoms with van der Waals surface area (Å²) in [5.41, 5.74) is 6.57. The van der Waals surface area contributed by atoms with Gasteiger partial charge in [0.25, 0.3) is 5.56 Å². The lowest BCUT2D eigenvalue weighted by atomic mass is 10.2. The molecule has 0 aliphatic rings. The van der Waals surface area contributed by atoms with Crippen molar-refractivity contribution in [3.63, 3.8) is 0 Å². The average molecular weight is 312 g/mol. The second kappa shape index (κ2) is 4.89. The summed E-state index contributed by atoms with van der Waals surface area (Å²) in [6.45, 7) is 1.99. The number of halogens is 2. The molecule has 0 aliphatic carbocycles. The molecule has 0 atom stereocenters. The monoisotopic (exact) mass is 311 g/mol. The SMILES string of the molecule is Cc1ncn(Cc2ccc(N)c(F)c2)c(=O)c1Br. The van der Waals surface area contributed by atoms with E-state index in [1.807, 2.05) is 0 Å². The number of nitrogens with two attached hydrogens (primary N) is 1. The van der Waals surface area contributed by atoms with Crippen LogP contribution in [0.1, 0.15) is 11.3 Å². The Labute approximate surface area is 111 Å². The fourth-order valence-electron chi connectivity index (χ4n) is 1.52. The van der Waals surface area contributed by atoms with Crippen LogP contribution in [0.15, 0.2) is 33.8 Å². The lowest BCUT2D eigenvalue weighted by molar-refractivity contribution is 0.626. The number of hydrogen-bond donors (Lipinski definition) is 1. The highest BCUT2D eigenvalue weighted by molar-refractivity contribution is 9.10. The predicted molar refractivity (Wildman–Crippen MR) is 70.8 cm³/mol. The first kappa shape index (κ1) is 12.8. The number of nitrogen functional groups attached to an aromatic ring is 1. The van der Waals surface area contributed by atoms with Gasteiger partial charge in [0.1, 0.15) is 10.3 Å². The fraction of sp³-hybridized carbons (Fsp3) is 0.167. The molecule has 0 spiro atoms. The molecular formula is C12H11BrFN3O. The van der Waals surface area contributed by atoms with Gasteiger partial charge in [-0.3, -0.25) is 9.36 Å². The van der Waals surface area contributed by atoms with Crippen molar-refractivity contribution in [2.24, 2.45) is 0 Å². The van der Waals surface area contributed by atoms with Crippen molar-refractivity contribution in [1.82, 2.24) is 9.55 Å². The zero-order valence-electron chi connectivity index (χ0n) is 9.65. The van der Waals surface area contributed by atoms with E-state index in [1.165, 1.54) is 23.0 Å². The van der Waals surface area contributed by atoms with Crippen molar-refractivity contribution >= 4 is 21.6 Å². The van der Waals surface area contributed by atoms with E-state index in [2.05, 4.69) is 20.9 Å². The van der Waals surface area contributed by atoms with Gasteiger partial charge in [-0.05, 0) is 40.5 Å². The van der Waals surface area contributed by atoms with E-state index >= 15 is 0 Å². The molecule has 2 aromatic rings. The minimum atomic E-state index is -0.486. The first-order chi connectivity index (χ1) is 8.49. The third-order valence-corrected chi connectivity index (χ3v) is 3.49. The Kier molecular flexibility index (Phi) is 3.47. The maximum absolute atomic E-state index is 13.3. The first-order valence-electron chi connectivity index (χ1n) is 5.24. The van der Waals surface area contributed by atoms with Gasteiger partial charge in [-0.2, -0.15) is 0 Å². The van der Waals surface area contributed by atoms with E-state index in [9.17, 15) is 9.18 Å². The van der Waals surface area contributed by atoms with Gasteiger partial charge in [-0.1, -0.05) is 6.07 Å². The summed E-state index contributed by atoms with van der Waals surface area (Å²) < 4.78 is 15.1. The van der Waals surface area contributed by atoms with Gasteiger partial charge in [0.15, 0.2) is 0 Å². The maximum Gasteiger partial charge on any atom is 0.268 e. The first-order valence-corrected chi connectivity index (χ1v) is 6.04. The van der Waals surface area contributed by atoms with Crippen LogP contribution < -0.4 is 11.3 Å². The Morgan fingerprint density at radius 2 is 2.22 bits per heavy atom. The maximum atomic E-state index is 13.3. The van der Waals surface area contributed by atoms with Crippen molar-refractivity contribution in [3.8, 4) is 0 Å². The minimum Gasteiger partial charge on any atom is -0.396 e. The molecule has 6 heteroatoms. The van der Waals surface area contributed by atoms with E-state index in [0.717, 1.165) is 0 Å². The van der Waals surface area contributed by atoms with Gasteiger partial charge in [-0.25, -0.2) is 9.37 Å². The number of hydrogen-bond acceptors (Lipinski definition) is 3. The molecule has 0 aliphatic heterocycles. The van der Waals surface area contributed by atoms with Crippen LogP contribution in [0.4, 0.5) is 10.1 Å². The summed E-state index contributed by atoms with van der Waals surface area (Å²) in [7, 11) is 0. The van der Waals surface area contributed by atoms with Crippen LogP contribution >= 0.6 is 15.9 Å². The molecule has 4 nitrogen and oxygen atoms in total. The second-order valence-electron chi connectivity index (χ2n) is 3.93. The number of aryl methyl sites for hydroxylation is 1. The van der Waals surface area contributed by atoms with Crippen LogP contribution in [-0.4, -0.2) is 9.55 Å². The van der Waals surface area contributed by atoms with Crippen molar-refractivity contribution < 1.29 is 4.39 Å². The van der Waals surface area contributed by atoms with E-state index < -0.39 is 5.82 Å². The molecule has 18 heavy (non-hydrogen) atoms. The number of rotatable bonds is 2. The van der Waals surface area contributed by atoms with Crippen LogP contribution in [0.5, 0.6) is 0 Å². The molecule has 2 rings (SSSR count). The van der Waals surface area contributed by atoms with Crippen LogP contribution in [-0.2, 0) is 6.54 Å². The topological polar surface area (TPSA) is 60.9 Å². The van der Waals surface area contributed by atoms with Gasteiger partial charge in [-0.15, -0.1) is 0 Å². The lowest BCUT2D eigenvalue weighted by Crippen LogP contribution is -2.22. The van der Waals surface area contributed by atoms with Gasteiger partial charge in [0.2, 0.25) is 0 Å². The summed E-state index contributed by atoms with van der Waals surface area (Å²) in [6, 6.07) is 4.47. The number of aromatic nitrogens is 2. The van der Waals surface area contributed by atoms with Crippen molar-refractivity contribution in [2.75, 3.05) is 5.73 Å². The van der Waals surface area contributed by atoms with Crippen LogP contribution in [0.2, 0.25) is 0 Å². The fourth-order valence-corrected chi connectivity index (χ4v) is 1.85. The standard InChI is InChI=1S/C12H11BrFN3O/c1-7-11(13)12(18)17(6-16-7)5-8-2-3-10(15)9(14)4-8/h2-4,6H,5,15H2,1H3. The van der Waals surface area contributed by atoms with Gasteiger partial charge >= 0.3 is 0 Å². The highest BCUT2D eigenvalue weighted by Crippen LogP contribution is 2.13. The normalized spacial score (nSPS) is 10.6. The van der Waals surface area contributed by atoms with E-state index in [4.69, 9.17) is 5.73 Å². The van der Waals surface area contributed by atoms with E-state index in [0.29, 0.717) is 15.7 Å².